The largest absolute Gasteiger partial charge is 0.361 e. The van der Waals surface area contributed by atoms with Crippen LogP contribution in [-0.2, 0) is 15.2 Å². The Balaban J connectivity index is 1.45. The van der Waals surface area contributed by atoms with Crippen molar-refractivity contribution >= 4 is 49.6 Å². The topological polar surface area (TPSA) is 67.2 Å². The van der Waals surface area contributed by atoms with Gasteiger partial charge in [0, 0.05) is 11.9 Å². The third-order valence-electron chi connectivity index (χ3n) is 4.75. The summed E-state index contributed by atoms with van der Waals surface area (Å²) in [6.07, 6.45) is 6.55. The maximum absolute atomic E-state index is 11.8. The molecule has 0 radical (unpaired) electrons. The van der Waals surface area contributed by atoms with Gasteiger partial charge in [0.05, 0.1) is 11.9 Å². The van der Waals surface area contributed by atoms with E-state index in [1.165, 1.54) is 12.8 Å². The Hall–Kier alpha value is -1.12. The minimum absolute atomic E-state index is 0.132. The summed E-state index contributed by atoms with van der Waals surface area (Å²) < 4.78 is 16.8. The van der Waals surface area contributed by atoms with Gasteiger partial charge in [0.25, 0.3) is 0 Å². The van der Waals surface area contributed by atoms with Crippen molar-refractivity contribution in [3.8, 4) is 11.4 Å². The molecule has 0 bridgehead atoms. The zero-order valence-corrected chi connectivity index (χ0v) is 18.9. The number of thiol groups is 1. The summed E-state index contributed by atoms with van der Waals surface area (Å²) >= 11 is 5.03. The van der Waals surface area contributed by atoms with E-state index < -0.39 is 11.0 Å². The minimum atomic E-state index is -1.44. The summed E-state index contributed by atoms with van der Waals surface area (Å²) in [6, 6.07) is 5.86. The van der Waals surface area contributed by atoms with Gasteiger partial charge >= 0.3 is 0 Å². The van der Waals surface area contributed by atoms with E-state index >= 15 is 0 Å². The second kappa shape index (κ2) is 9.89. The molecule has 2 heterocycles. The van der Waals surface area contributed by atoms with Crippen molar-refractivity contribution in [3.05, 3.63) is 28.2 Å². The molecule has 0 aromatic carbocycles. The molecule has 1 N–H and O–H groups in total. The number of hydrogen-bond acceptors (Lipinski definition) is 5. The number of thiazole rings is 1. The van der Waals surface area contributed by atoms with E-state index in [0.29, 0.717) is 11.8 Å². The van der Waals surface area contributed by atoms with Crippen LogP contribution in [-0.4, -0.2) is 28.0 Å². The summed E-state index contributed by atoms with van der Waals surface area (Å²) in [5, 5.41) is 6.61. The SMILES string of the molecule is CC(C)[SH+](=O)/N=C/C1CCC(CNc2nc(-c3cccc(Br)n3)cs2)CC1. The average Bonchev–Trinajstić information content (AvgIpc) is 3.14. The Kier molecular flexibility index (Phi) is 7.55. The lowest BCUT2D eigenvalue weighted by Crippen LogP contribution is -2.22. The molecule has 1 saturated carbocycles. The smallest absolute Gasteiger partial charge is 0.191 e. The van der Waals surface area contributed by atoms with Gasteiger partial charge < -0.3 is 5.32 Å². The van der Waals surface area contributed by atoms with E-state index in [1.807, 2.05) is 43.6 Å². The molecule has 0 saturated heterocycles. The zero-order chi connectivity index (χ0) is 19.2. The van der Waals surface area contributed by atoms with Crippen LogP contribution < -0.4 is 5.32 Å². The highest BCUT2D eigenvalue weighted by molar-refractivity contribution is 9.10. The van der Waals surface area contributed by atoms with E-state index in [0.717, 1.165) is 40.5 Å². The molecule has 3 rings (SSSR count). The van der Waals surface area contributed by atoms with Crippen molar-refractivity contribution in [1.82, 2.24) is 9.97 Å². The van der Waals surface area contributed by atoms with Crippen molar-refractivity contribution in [3.63, 3.8) is 0 Å². The van der Waals surface area contributed by atoms with E-state index in [4.69, 9.17) is 0 Å². The Morgan fingerprint density at radius 2 is 2.07 bits per heavy atom. The summed E-state index contributed by atoms with van der Waals surface area (Å²) in [5.41, 5.74) is 1.79. The summed E-state index contributed by atoms with van der Waals surface area (Å²) in [4.78, 5) is 9.11. The molecule has 0 spiro atoms. The van der Waals surface area contributed by atoms with Gasteiger partial charge in [-0.05, 0) is 79.4 Å². The Morgan fingerprint density at radius 1 is 1.30 bits per heavy atom. The molecule has 5 nitrogen and oxygen atoms in total. The van der Waals surface area contributed by atoms with Crippen LogP contribution in [0, 0.1) is 11.8 Å². The lowest BCUT2D eigenvalue weighted by atomic mass is 9.82. The van der Waals surface area contributed by atoms with Gasteiger partial charge in [-0.2, -0.15) is 0 Å². The van der Waals surface area contributed by atoms with Crippen molar-refractivity contribution < 1.29 is 4.21 Å². The van der Waals surface area contributed by atoms with E-state index in [2.05, 4.69) is 35.6 Å². The molecule has 146 valence electrons. The van der Waals surface area contributed by atoms with Crippen LogP contribution in [0.15, 0.2) is 32.6 Å². The third-order valence-corrected chi connectivity index (χ3v) is 7.23. The first-order valence-electron chi connectivity index (χ1n) is 9.34. The van der Waals surface area contributed by atoms with Gasteiger partial charge in [0.15, 0.2) is 16.1 Å². The number of anilines is 1. The van der Waals surface area contributed by atoms with Gasteiger partial charge in [0.1, 0.15) is 15.5 Å². The van der Waals surface area contributed by atoms with Crippen LogP contribution in [0.5, 0.6) is 0 Å². The van der Waals surface area contributed by atoms with Gasteiger partial charge in [-0.15, -0.1) is 11.3 Å². The molecule has 1 aliphatic rings. The molecule has 0 amide bonds. The fourth-order valence-corrected chi connectivity index (χ4v) is 4.73. The van der Waals surface area contributed by atoms with Crippen molar-refractivity contribution in [1.29, 1.82) is 0 Å². The predicted octanol–water partition coefficient (Wildman–Crippen LogP) is 5.28. The lowest BCUT2D eigenvalue weighted by molar-refractivity contribution is 0.338. The molecular weight excluding hydrogens is 444 g/mol. The number of rotatable bonds is 7. The van der Waals surface area contributed by atoms with Crippen LogP contribution in [0.25, 0.3) is 11.4 Å². The van der Waals surface area contributed by atoms with Crippen LogP contribution in [0.4, 0.5) is 5.13 Å². The highest BCUT2D eigenvalue weighted by Crippen LogP contribution is 2.29. The molecule has 27 heavy (non-hydrogen) atoms. The second-order valence-electron chi connectivity index (χ2n) is 7.21. The molecule has 0 aliphatic heterocycles. The summed E-state index contributed by atoms with van der Waals surface area (Å²) in [6.45, 7) is 4.85. The van der Waals surface area contributed by atoms with Gasteiger partial charge in [-0.1, -0.05) is 14.7 Å². The van der Waals surface area contributed by atoms with Crippen LogP contribution in [0.2, 0.25) is 0 Å². The van der Waals surface area contributed by atoms with Crippen LogP contribution in [0.3, 0.4) is 0 Å². The van der Waals surface area contributed by atoms with Crippen molar-refractivity contribution in [2.24, 2.45) is 16.2 Å². The van der Waals surface area contributed by atoms with Crippen molar-refractivity contribution in [2.75, 3.05) is 11.9 Å². The molecule has 2 aromatic rings. The number of aromatic nitrogens is 2. The highest BCUT2D eigenvalue weighted by Gasteiger charge is 2.21. The van der Waals surface area contributed by atoms with Gasteiger partial charge in [0.2, 0.25) is 0 Å². The quantitative estimate of drug-likeness (QED) is 0.259. The van der Waals surface area contributed by atoms with Gasteiger partial charge in [-0.3, -0.25) is 0 Å². The fourth-order valence-electron chi connectivity index (χ4n) is 3.09. The maximum Gasteiger partial charge on any atom is 0.191 e. The number of nitrogens with one attached hydrogen (secondary N) is 1. The standard InChI is InChI=1S/C19H25BrN4OS2/c1-13(2)27(25)22-11-15-8-6-14(7-9-15)10-21-19-24-17(12-26-19)16-4-3-5-18(20)23-16/h3-5,11-15H,6-10H2,1-2H3,(H,21,24)/p+1/b22-11+. The first kappa shape index (κ1) is 20.6. The third kappa shape index (κ3) is 6.19. The van der Waals surface area contributed by atoms with E-state index in [9.17, 15) is 4.21 Å². The number of nitrogens with zero attached hydrogens (tertiary/aromatic N) is 3. The fraction of sp³-hybridized carbons (Fsp3) is 0.526. The lowest BCUT2D eigenvalue weighted by Gasteiger charge is -2.25. The monoisotopic (exact) mass is 469 g/mol. The molecular formula is C19H26BrN4OS2+. The van der Waals surface area contributed by atoms with E-state index in [1.54, 1.807) is 11.3 Å². The number of halogens is 1. The predicted molar refractivity (Wildman–Crippen MR) is 120 cm³/mol. The van der Waals surface area contributed by atoms with Crippen LogP contribution in [0.1, 0.15) is 39.5 Å². The summed E-state index contributed by atoms with van der Waals surface area (Å²) in [5.74, 6) is 1.14. The van der Waals surface area contributed by atoms with Crippen LogP contribution >= 0.6 is 27.3 Å². The highest BCUT2D eigenvalue weighted by atomic mass is 79.9. The number of pyridine rings is 1. The Morgan fingerprint density at radius 3 is 2.78 bits per heavy atom. The Bertz CT molecular complexity index is 801. The van der Waals surface area contributed by atoms with E-state index in [-0.39, 0.29) is 5.25 Å². The average molecular weight is 470 g/mol. The molecule has 1 aliphatic carbocycles. The normalized spacial score (nSPS) is 21.6. The number of hydrogen-bond donors (Lipinski definition) is 1. The molecule has 1 unspecified atom stereocenters. The van der Waals surface area contributed by atoms with Gasteiger partial charge in [-0.25, -0.2) is 9.97 Å². The molecule has 1 fully saturated rings. The first-order chi connectivity index (χ1) is 13.0. The molecule has 2 aromatic heterocycles. The first-order valence-corrected chi connectivity index (χ1v) is 12.3. The zero-order valence-electron chi connectivity index (χ0n) is 15.6. The Labute approximate surface area is 175 Å². The summed E-state index contributed by atoms with van der Waals surface area (Å²) in [7, 11) is -1.44. The molecule has 8 heteroatoms. The molecule has 1 atom stereocenters. The second-order valence-corrected chi connectivity index (χ2v) is 10.7. The maximum atomic E-state index is 11.8. The minimum Gasteiger partial charge on any atom is -0.361 e. The van der Waals surface area contributed by atoms with Crippen molar-refractivity contribution in [2.45, 2.75) is 44.8 Å².